The zero-order valence-corrected chi connectivity index (χ0v) is 21.3. The summed E-state index contributed by atoms with van der Waals surface area (Å²) in [5, 5.41) is 4.81. The molecule has 1 atom stereocenters. The number of amides is 2. The molecule has 1 heterocycles. The van der Waals surface area contributed by atoms with Gasteiger partial charge in [-0.2, -0.15) is 8.42 Å². The zero-order chi connectivity index (χ0) is 24.9. The Hall–Kier alpha value is -2.88. The number of halogens is 1. The third-order valence-corrected chi connectivity index (χ3v) is 7.48. The molecule has 7 nitrogen and oxygen atoms in total. The molecule has 0 aliphatic heterocycles. The van der Waals surface area contributed by atoms with Gasteiger partial charge in [0.1, 0.15) is 10.6 Å². The van der Waals surface area contributed by atoms with E-state index in [2.05, 4.69) is 5.32 Å². The maximum absolute atomic E-state index is 13.1. The summed E-state index contributed by atoms with van der Waals surface area (Å²) in [7, 11) is -4.18. The van der Waals surface area contributed by atoms with E-state index < -0.39 is 10.1 Å². The highest BCUT2D eigenvalue weighted by atomic mass is 35.5. The number of rotatable bonds is 9. The monoisotopic (exact) mass is 520 g/mol. The average molecular weight is 521 g/mol. The second kappa shape index (κ2) is 11.0. The summed E-state index contributed by atoms with van der Waals surface area (Å²) in [4.78, 5) is 26.5. The third-order valence-electron chi connectivity index (χ3n) is 5.14. The first-order chi connectivity index (χ1) is 16.1. The fourth-order valence-corrected chi connectivity index (χ4v) is 5.04. The van der Waals surface area contributed by atoms with Crippen molar-refractivity contribution in [3.63, 3.8) is 0 Å². The molecule has 3 aromatic rings. The Kier molecular flexibility index (Phi) is 8.35. The Morgan fingerprint density at radius 1 is 1.15 bits per heavy atom. The topological polar surface area (TPSA) is 92.8 Å². The van der Waals surface area contributed by atoms with Crippen LogP contribution in [0.2, 0.25) is 5.02 Å². The van der Waals surface area contributed by atoms with Crippen molar-refractivity contribution in [3.8, 4) is 5.75 Å². The summed E-state index contributed by atoms with van der Waals surface area (Å²) in [5.41, 5.74) is 0.936. The molecule has 0 saturated carbocycles. The second-order valence-electron chi connectivity index (χ2n) is 7.66. The minimum absolute atomic E-state index is 0.0732. The quantitative estimate of drug-likeness (QED) is 0.372. The van der Waals surface area contributed by atoms with E-state index in [4.69, 9.17) is 15.8 Å². The Balaban J connectivity index is 1.90. The van der Waals surface area contributed by atoms with E-state index in [0.717, 1.165) is 0 Å². The molecule has 0 fully saturated rings. The smallest absolute Gasteiger partial charge is 0.339 e. The minimum atomic E-state index is -4.18. The van der Waals surface area contributed by atoms with Crippen molar-refractivity contribution in [3.05, 3.63) is 75.4 Å². The number of hydrogen-bond acceptors (Lipinski definition) is 6. The van der Waals surface area contributed by atoms with E-state index in [1.54, 1.807) is 17.0 Å². The highest BCUT2D eigenvalue weighted by Gasteiger charge is 2.25. The van der Waals surface area contributed by atoms with Gasteiger partial charge >= 0.3 is 10.1 Å². The lowest BCUT2D eigenvalue weighted by atomic mass is 10.1. The number of carbonyl (C=O) groups excluding carboxylic acids is 2. The highest BCUT2D eigenvalue weighted by Crippen LogP contribution is 2.29. The number of nitrogens with one attached hydrogen (secondary N) is 1. The summed E-state index contributed by atoms with van der Waals surface area (Å²) >= 11 is 7.55. The van der Waals surface area contributed by atoms with Gasteiger partial charge in [-0.05, 0) is 67.3 Å². The van der Waals surface area contributed by atoms with E-state index in [1.807, 2.05) is 25.3 Å². The van der Waals surface area contributed by atoms with Crippen molar-refractivity contribution in [2.45, 2.75) is 44.7 Å². The lowest BCUT2D eigenvalue weighted by Gasteiger charge is -2.29. The van der Waals surface area contributed by atoms with Crippen LogP contribution in [-0.4, -0.2) is 31.2 Å². The second-order valence-corrected chi connectivity index (χ2v) is 10.6. The fourth-order valence-electron chi connectivity index (χ4n) is 3.20. The zero-order valence-electron chi connectivity index (χ0n) is 18.9. The van der Waals surface area contributed by atoms with Crippen molar-refractivity contribution in [2.24, 2.45) is 0 Å². The summed E-state index contributed by atoms with van der Waals surface area (Å²) in [6.07, 6.45) is 0.715. The molecule has 180 valence electrons. The van der Waals surface area contributed by atoms with Gasteiger partial charge in [-0.3, -0.25) is 9.59 Å². The van der Waals surface area contributed by atoms with Crippen molar-refractivity contribution in [1.82, 2.24) is 4.90 Å². The van der Waals surface area contributed by atoms with Gasteiger partial charge in [0, 0.05) is 29.2 Å². The number of hydrogen-bond donors (Lipinski definition) is 1. The van der Waals surface area contributed by atoms with Gasteiger partial charge in [-0.15, -0.1) is 11.3 Å². The number of anilines is 1. The molecule has 0 aliphatic carbocycles. The van der Waals surface area contributed by atoms with Crippen molar-refractivity contribution >= 4 is 50.6 Å². The molecule has 0 aliphatic rings. The molecule has 0 bridgehead atoms. The molecule has 0 spiro atoms. The third kappa shape index (κ3) is 6.37. The lowest BCUT2D eigenvalue weighted by molar-refractivity contribution is -0.114. The molecule has 1 N–H and O–H groups in total. The van der Waals surface area contributed by atoms with Crippen LogP contribution < -0.4 is 9.50 Å². The fraction of sp³-hybridized carbons (Fsp3) is 0.250. The van der Waals surface area contributed by atoms with Gasteiger partial charge in [0.15, 0.2) is 0 Å². The number of carbonyl (C=O) groups is 2. The van der Waals surface area contributed by atoms with Crippen LogP contribution in [0.15, 0.2) is 64.9 Å². The molecule has 1 aromatic heterocycles. The van der Waals surface area contributed by atoms with Crippen molar-refractivity contribution in [2.75, 3.05) is 5.32 Å². The van der Waals surface area contributed by atoms with E-state index in [9.17, 15) is 18.0 Å². The van der Waals surface area contributed by atoms with Gasteiger partial charge in [0.2, 0.25) is 5.91 Å². The molecule has 0 radical (unpaired) electrons. The molecule has 2 aromatic carbocycles. The van der Waals surface area contributed by atoms with Crippen LogP contribution in [0.25, 0.3) is 0 Å². The van der Waals surface area contributed by atoms with Gasteiger partial charge in [-0.1, -0.05) is 24.6 Å². The first kappa shape index (κ1) is 25.7. The summed E-state index contributed by atoms with van der Waals surface area (Å²) < 4.78 is 31.4. The summed E-state index contributed by atoms with van der Waals surface area (Å²) in [6.45, 7) is 5.40. The molecule has 0 saturated heterocycles. The van der Waals surface area contributed by atoms with Crippen molar-refractivity contribution < 1.29 is 22.2 Å². The largest absolute Gasteiger partial charge is 0.379 e. The Labute approximate surface area is 208 Å². The van der Waals surface area contributed by atoms with E-state index >= 15 is 0 Å². The minimum Gasteiger partial charge on any atom is -0.379 e. The van der Waals surface area contributed by atoms with Gasteiger partial charge < -0.3 is 14.4 Å². The molecular weight excluding hydrogens is 496 g/mol. The van der Waals surface area contributed by atoms with Crippen molar-refractivity contribution in [1.29, 1.82) is 0 Å². The standard InChI is InChI=1S/C24H25ClN2O5S2/c1-4-16(2)27(24(29)23-6-5-13-33-23)15-18-14-19(25)7-12-22(18)32-34(30,31)21-10-8-20(9-11-21)26-17(3)28/h5-14,16H,4,15H2,1-3H3,(H,26,28). The Bertz CT molecular complexity index is 1260. The van der Waals surface area contributed by atoms with Crippen LogP contribution in [0.5, 0.6) is 5.75 Å². The van der Waals surface area contributed by atoms with Crippen LogP contribution in [0, 0.1) is 0 Å². The highest BCUT2D eigenvalue weighted by molar-refractivity contribution is 7.87. The van der Waals surface area contributed by atoms with E-state index in [1.165, 1.54) is 54.7 Å². The predicted molar refractivity (Wildman–Crippen MR) is 134 cm³/mol. The molecule has 3 rings (SSSR count). The van der Waals surface area contributed by atoms with Gasteiger partial charge in [0.05, 0.1) is 11.4 Å². The number of nitrogens with zero attached hydrogens (tertiary/aromatic N) is 1. The SMILES string of the molecule is CCC(C)N(Cc1cc(Cl)ccc1OS(=O)(=O)c1ccc(NC(C)=O)cc1)C(=O)c1cccs1. The molecule has 34 heavy (non-hydrogen) atoms. The number of thiophene rings is 1. The van der Waals surface area contributed by atoms with E-state index in [-0.39, 0.29) is 35.0 Å². The Morgan fingerprint density at radius 2 is 1.85 bits per heavy atom. The first-order valence-electron chi connectivity index (χ1n) is 10.6. The first-order valence-corrected chi connectivity index (χ1v) is 13.2. The normalized spacial score (nSPS) is 12.1. The van der Waals surface area contributed by atoms with Crippen LogP contribution in [-0.2, 0) is 21.5 Å². The van der Waals surface area contributed by atoms with Crippen LogP contribution in [0.1, 0.15) is 42.4 Å². The van der Waals surface area contributed by atoms with Crippen LogP contribution in [0.3, 0.4) is 0 Å². The molecule has 10 heteroatoms. The lowest BCUT2D eigenvalue weighted by Crippen LogP contribution is -2.37. The maximum Gasteiger partial charge on any atom is 0.339 e. The molecule has 1 unspecified atom stereocenters. The summed E-state index contributed by atoms with van der Waals surface area (Å²) in [6, 6.07) is 13.7. The maximum atomic E-state index is 13.1. The predicted octanol–water partition coefficient (Wildman–Crippen LogP) is 5.57. The average Bonchev–Trinajstić information content (AvgIpc) is 3.33. The molecular formula is C24H25ClN2O5S2. The van der Waals surface area contributed by atoms with Crippen LogP contribution >= 0.6 is 22.9 Å². The molecule has 2 amide bonds. The Morgan fingerprint density at radius 3 is 2.44 bits per heavy atom. The van der Waals surface area contributed by atoms with Gasteiger partial charge in [0.25, 0.3) is 5.91 Å². The van der Waals surface area contributed by atoms with E-state index in [0.29, 0.717) is 27.6 Å². The number of benzene rings is 2. The van der Waals surface area contributed by atoms with Crippen LogP contribution in [0.4, 0.5) is 5.69 Å². The summed E-state index contributed by atoms with van der Waals surface area (Å²) in [5.74, 6) is -0.324. The van der Waals surface area contributed by atoms with Gasteiger partial charge in [-0.25, -0.2) is 0 Å².